The number of halogens is 3. The summed E-state index contributed by atoms with van der Waals surface area (Å²) in [5.74, 6) is 1.34. The number of imidazole rings is 1. The topological polar surface area (TPSA) is 98.1 Å². The molecule has 3 unspecified atom stereocenters. The lowest BCUT2D eigenvalue weighted by molar-refractivity contribution is -0.189. The van der Waals surface area contributed by atoms with Crippen LogP contribution in [0.5, 0.6) is 5.75 Å². The van der Waals surface area contributed by atoms with Crippen LogP contribution in [-0.2, 0) is 10.0 Å². The quantitative estimate of drug-likeness (QED) is 0.366. The molecule has 0 aliphatic heterocycles. The van der Waals surface area contributed by atoms with Gasteiger partial charge in [-0.25, -0.2) is 18.5 Å². The Morgan fingerprint density at radius 1 is 1.06 bits per heavy atom. The van der Waals surface area contributed by atoms with Gasteiger partial charge in [0.25, 0.3) is 0 Å². The van der Waals surface area contributed by atoms with Crippen molar-refractivity contribution in [2.45, 2.75) is 42.4 Å². The van der Waals surface area contributed by atoms with Crippen LogP contribution in [0.4, 0.5) is 13.2 Å². The van der Waals surface area contributed by atoms with Gasteiger partial charge >= 0.3 is 6.18 Å². The van der Waals surface area contributed by atoms with Crippen molar-refractivity contribution in [1.82, 2.24) is 9.97 Å². The van der Waals surface area contributed by atoms with Crippen LogP contribution in [-0.4, -0.2) is 30.7 Å². The van der Waals surface area contributed by atoms with E-state index in [4.69, 9.17) is 14.9 Å². The van der Waals surface area contributed by atoms with E-state index in [1.54, 1.807) is 42.5 Å². The zero-order valence-corrected chi connectivity index (χ0v) is 19.4. The maximum absolute atomic E-state index is 12.7. The first-order valence-electron chi connectivity index (χ1n) is 11.0. The molecule has 3 aromatic carbocycles. The number of hydrogen-bond acceptors (Lipinski definition) is 4. The summed E-state index contributed by atoms with van der Waals surface area (Å²) in [7, 11) is -3.88. The number of primary sulfonamides is 1. The van der Waals surface area contributed by atoms with E-state index in [0.29, 0.717) is 16.6 Å². The highest BCUT2D eigenvalue weighted by Crippen LogP contribution is 2.54. The Morgan fingerprint density at radius 2 is 1.77 bits per heavy atom. The number of fused-ring (bicyclic) bond motifs is 1. The van der Waals surface area contributed by atoms with Gasteiger partial charge in [-0.05, 0) is 60.7 Å². The molecule has 0 radical (unpaired) electrons. The van der Waals surface area contributed by atoms with Gasteiger partial charge in [0.15, 0.2) is 6.10 Å². The van der Waals surface area contributed by atoms with Gasteiger partial charge in [-0.1, -0.05) is 36.4 Å². The van der Waals surface area contributed by atoms with Gasteiger partial charge in [-0.2, -0.15) is 13.2 Å². The minimum Gasteiger partial charge on any atom is -0.481 e. The molecular weight excluding hydrogens is 479 g/mol. The lowest BCUT2D eigenvalue weighted by Crippen LogP contribution is -2.31. The Balaban J connectivity index is 1.35. The largest absolute Gasteiger partial charge is 0.481 e. The molecule has 0 bridgehead atoms. The molecule has 3 atom stereocenters. The molecule has 4 aromatic rings. The predicted molar refractivity (Wildman–Crippen MR) is 126 cm³/mol. The number of aromatic nitrogens is 2. The summed E-state index contributed by atoms with van der Waals surface area (Å²) in [6, 6.07) is 18.7. The molecule has 10 heteroatoms. The van der Waals surface area contributed by atoms with Crippen LogP contribution in [0.15, 0.2) is 71.6 Å². The van der Waals surface area contributed by atoms with Gasteiger partial charge in [0.2, 0.25) is 10.0 Å². The number of nitrogens with one attached hydrogen (secondary N) is 1. The smallest absolute Gasteiger partial charge is 0.425 e. The average molecular weight is 502 g/mol. The monoisotopic (exact) mass is 501 g/mol. The molecule has 1 heterocycles. The van der Waals surface area contributed by atoms with Crippen molar-refractivity contribution >= 4 is 21.1 Å². The van der Waals surface area contributed by atoms with Crippen molar-refractivity contribution in [3.8, 4) is 16.9 Å². The molecule has 1 fully saturated rings. The minimum atomic E-state index is -4.41. The van der Waals surface area contributed by atoms with E-state index < -0.39 is 22.3 Å². The van der Waals surface area contributed by atoms with Crippen molar-refractivity contribution in [2.75, 3.05) is 0 Å². The summed E-state index contributed by atoms with van der Waals surface area (Å²) in [6.07, 6.45) is -5.43. The number of nitrogens with zero attached hydrogens (tertiary/aromatic N) is 1. The Kier molecular flexibility index (Phi) is 5.60. The van der Waals surface area contributed by atoms with Crippen molar-refractivity contribution in [3.05, 3.63) is 78.1 Å². The van der Waals surface area contributed by atoms with Crippen LogP contribution >= 0.6 is 0 Å². The molecule has 1 aliphatic carbocycles. The fourth-order valence-corrected chi connectivity index (χ4v) is 5.01. The van der Waals surface area contributed by atoms with Crippen LogP contribution in [0.1, 0.15) is 36.6 Å². The molecule has 1 aliphatic rings. The summed E-state index contributed by atoms with van der Waals surface area (Å²) in [5, 5.41) is 5.37. The van der Waals surface area contributed by atoms with E-state index in [0.717, 1.165) is 30.2 Å². The number of nitrogens with two attached hydrogens (primary N) is 1. The maximum Gasteiger partial charge on any atom is 0.425 e. The SMILES string of the molecule is CC(Oc1ccc(C2CC2c2nc3cc(-c4ccccc4S(N)(=O)=O)ccc3[nH]2)cc1)C(F)(F)F. The second kappa shape index (κ2) is 8.39. The third kappa shape index (κ3) is 4.76. The summed E-state index contributed by atoms with van der Waals surface area (Å²) in [4.78, 5) is 8.11. The summed E-state index contributed by atoms with van der Waals surface area (Å²) in [6.45, 7) is 0.978. The number of hydrogen-bond donors (Lipinski definition) is 2. The predicted octanol–water partition coefficient (Wildman–Crippen LogP) is 5.48. The van der Waals surface area contributed by atoms with Gasteiger partial charge in [0.05, 0.1) is 15.9 Å². The normalized spacial score (nSPS) is 19.0. The molecule has 1 saturated carbocycles. The first-order chi connectivity index (χ1) is 16.5. The Bertz CT molecular complexity index is 1500. The fourth-order valence-electron chi connectivity index (χ4n) is 4.25. The highest BCUT2D eigenvalue weighted by molar-refractivity contribution is 7.89. The van der Waals surface area contributed by atoms with E-state index in [-0.39, 0.29) is 22.5 Å². The minimum absolute atomic E-state index is 0.0504. The van der Waals surface area contributed by atoms with Crippen molar-refractivity contribution in [2.24, 2.45) is 5.14 Å². The van der Waals surface area contributed by atoms with Gasteiger partial charge in [0, 0.05) is 11.5 Å². The summed E-state index contributed by atoms with van der Waals surface area (Å²) < 4.78 is 67.0. The van der Waals surface area contributed by atoms with Gasteiger partial charge in [-0.15, -0.1) is 0 Å². The zero-order chi connectivity index (χ0) is 25.0. The van der Waals surface area contributed by atoms with E-state index in [1.807, 2.05) is 18.2 Å². The van der Waals surface area contributed by atoms with E-state index >= 15 is 0 Å². The van der Waals surface area contributed by atoms with Crippen LogP contribution in [0.2, 0.25) is 0 Å². The standard InChI is InChI=1S/C25H22F3N3O3S/c1-14(25(26,27)28)34-17-9-6-15(7-10-17)19-13-20(19)24-30-21-11-8-16(12-22(21)31-24)18-4-2-3-5-23(18)35(29,32)33/h2-12,14,19-20H,13H2,1H3,(H,30,31)(H2,29,32,33). The van der Waals surface area contributed by atoms with Crippen molar-refractivity contribution in [3.63, 3.8) is 0 Å². The van der Waals surface area contributed by atoms with Gasteiger partial charge in [-0.3, -0.25) is 0 Å². The molecule has 182 valence electrons. The van der Waals surface area contributed by atoms with E-state index in [1.165, 1.54) is 6.07 Å². The molecule has 35 heavy (non-hydrogen) atoms. The van der Waals surface area contributed by atoms with Gasteiger partial charge < -0.3 is 9.72 Å². The zero-order valence-electron chi connectivity index (χ0n) is 18.6. The van der Waals surface area contributed by atoms with Crippen LogP contribution < -0.4 is 9.88 Å². The average Bonchev–Trinajstić information content (AvgIpc) is 3.49. The highest BCUT2D eigenvalue weighted by Gasteiger charge is 2.42. The summed E-state index contributed by atoms with van der Waals surface area (Å²) in [5.41, 5.74) is 3.74. The number of aromatic amines is 1. The number of benzene rings is 3. The molecule has 5 rings (SSSR count). The molecule has 1 aromatic heterocycles. The van der Waals surface area contributed by atoms with Crippen LogP contribution in [0, 0.1) is 0 Å². The molecule has 0 spiro atoms. The Hall–Kier alpha value is -3.37. The Labute approximate surface area is 200 Å². The number of rotatable bonds is 6. The molecule has 6 nitrogen and oxygen atoms in total. The number of ether oxygens (including phenoxy) is 1. The molecule has 0 saturated heterocycles. The lowest BCUT2D eigenvalue weighted by Gasteiger charge is -2.17. The maximum atomic E-state index is 12.7. The number of H-pyrrole nitrogens is 1. The lowest BCUT2D eigenvalue weighted by atomic mass is 10.1. The fraction of sp³-hybridized carbons (Fsp3) is 0.240. The van der Waals surface area contributed by atoms with Crippen LogP contribution in [0.25, 0.3) is 22.2 Å². The Morgan fingerprint density at radius 3 is 2.46 bits per heavy atom. The number of sulfonamides is 1. The van der Waals surface area contributed by atoms with Crippen molar-refractivity contribution < 1.29 is 26.3 Å². The van der Waals surface area contributed by atoms with Crippen molar-refractivity contribution in [1.29, 1.82) is 0 Å². The van der Waals surface area contributed by atoms with E-state index in [9.17, 15) is 21.6 Å². The molecule has 3 N–H and O–H groups in total. The highest BCUT2D eigenvalue weighted by atomic mass is 32.2. The second-order valence-electron chi connectivity index (χ2n) is 8.71. The third-order valence-corrected chi connectivity index (χ3v) is 7.20. The first-order valence-corrected chi connectivity index (χ1v) is 12.5. The third-order valence-electron chi connectivity index (χ3n) is 6.23. The van der Waals surface area contributed by atoms with Crippen LogP contribution in [0.3, 0.4) is 0 Å². The summed E-state index contributed by atoms with van der Waals surface area (Å²) >= 11 is 0. The van der Waals surface area contributed by atoms with E-state index in [2.05, 4.69) is 4.98 Å². The second-order valence-corrected chi connectivity index (χ2v) is 10.2. The first kappa shape index (κ1) is 23.4. The molecule has 0 amide bonds. The van der Waals surface area contributed by atoms with Gasteiger partial charge in [0.1, 0.15) is 11.6 Å². The molecular formula is C25H22F3N3O3S. The number of alkyl halides is 3.